The van der Waals surface area contributed by atoms with Crippen LogP contribution in [0.3, 0.4) is 0 Å². The summed E-state index contributed by atoms with van der Waals surface area (Å²) in [6.07, 6.45) is 0.852. The van der Waals surface area contributed by atoms with Crippen molar-refractivity contribution in [3.63, 3.8) is 0 Å². The Kier molecular flexibility index (Phi) is 7.22. The van der Waals surface area contributed by atoms with Crippen molar-refractivity contribution in [1.29, 1.82) is 0 Å². The molecule has 0 aliphatic carbocycles. The molecule has 3 aromatic rings. The average Bonchev–Trinajstić information content (AvgIpc) is 3.14. The Morgan fingerprint density at radius 1 is 1.06 bits per heavy atom. The summed E-state index contributed by atoms with van der Waals surface area (Å²) in [5.74, 6) is -0.824. The van der Waals surface area contributed by atoms with Crippen molar-refractivity contribution in [3.8, 4) is 17.2 Å². The number of phenolic OH excluding ortho intramolecular Hbond substituents is 1. The lowest BCUT2D eigenvalue weighted by Gasteiger charge is -2.26. The molecule has 0 spiro atoms. The van der Waals surface area contributed by atoms with E-state index in [0.717, 1.165) is 12.0 Å². The number of nitrogens with zero attached hydrogens (tertiary/aromatic N) is 1. The molecule has 7 nitrogen and oxygen atoms in total. The molecule has 1 aliphatic heterocycles. The van der Waals surface area contributed by atoms with Crippen LogP contribution in [-0.2, 0) is 9.59 Å². The molecule has 1 atom stereocenters. The number of benzene rings is 3. The summed E-state index contributed by atoms with van der Waals surface area (Å²) < 4.78 is 10.9. The van der Waals surface area contributed by atoms with Gasteiger partial charge in [-0.2, -0.15) is 0 Å². The lowest BCUT2D eigenvalue weighted by molar-refractivity contribution is -0.132. The first-order valence-electron chi connectivity index (χ1n) is 11.4. The molecule has 0 radical (unpaired) electrons. The number of carbonyl (C=O) groups is 2. The van der Waals surface area contributed by atoms with Crippen LogP contribution in [0.4, 0.5) is 5.69 Å². The second-order valence-corrected chi connectivity index (χ2v) is 8.81. The number of anilines is 1. The summed E-state index contributed by atoms with van der Waals surface area (Å²) in [6, 6.07) is 15.2. The van der Waals surface area contributed by atoms with Crippen molar-refractivity contribution in [2.45, 2.75) is 26.3 Å². The number of aliphatic hydroxyl groups excluding tert-OH is 1. The molecule has 1 unspecified atom stereocenters. The number of ether oxygens (including phenoxy) is 2. The number of hydrogen-bond donors (Lipinski definition) is 2. The summed E-state index contributed by atoms with van der Waals surface area (Å²) in [4.78, 5) is 27.9. The second kappa shape index (κ2) is 10.3. The Morgan fingerprint density at radius 2 is 1.78 bits per heavy atom. The van der Waals surface area contributed by atoms with Crippen molar-refractivity contribution in [3.05, 3.63) is 87.9 Å². The van der Waals surface area contributed by atoms with Crippen LogP contribution in [0.5, 0.6) is 17.2 Å². The maximum absolute atomic E-state index is 13.3. The van der Waals surface area contributed by atoms with Gasteiger partial charge in [-0.05, 0) is 79.1 Å². The van der Waals surface area contributed by atoms with E-state index in [4.69, 9.17) is 21.1 Å². The zero-order chi connectivity index (χ0) is 26.0. The van der Waals surface area contributed by atoms with E-state index in [0.29, 0.717) is 34.9 Å². The monoisotopic (exact) mass is 507 g/mol. The van der Waals surface area contributed by atoms with Crippen molar-refractivity contribution < 1.29 is 29.3 Å². The number of hydrogen-bond acceptors (Lipinski definition) is 6. The lowest BCUT2D eigenvalue weighted by atomic mass is 9.94. The van der Waals surface area contributed by atoms with Gasteiger partial charge in [-0.3, -0.25) is 14.5 Å². The van der Waals surface area contributed by atoms with Crippen molar-refractivity contribution in [2.75, 3.05) is 18.6 Å². The van der Waals surface area contributed by atoms with Crippen LogP contribution in [0, 0.1) is 6.92 Å². The minimum Gasteiger partial charge on any atom is -0.507 e. The first-order valence-corrected chi connectivity index (χ1v) is 11.8. The Bertz CT molecular complexity index is 1350. The fraction of sp³-hybridized carbons (Fsp3) is 0.214. The Morgan fingerprint density at radius 3 is 2.39 bits per heavy atom. The Labute approximate surface area is 214 Å². The first-order chi connectivity index (χ1) is 17.3. The van der Waals surface area contributed by atoms with Crippen LogP contribution in [-0.4, -0.2) is 35.6 Å². The van der Waals surface area contributed by atoms with Crippen LogP contribution in [0.15, 0.2) is 66.2 Å². The smallest absolute Gasteiger partial charge is 0.300 e. The third-order valence-electron chi connectivity index (χ3n) is 5.99. The number of halogens is 1. The molecular formula is C28H26ClNO6. The van der Waals surface area contributed by atoms with Crippen LogP contribution >= 0.6 is 11.6 Å². The van der Waals surface area contributed by atoms with E-state index in [1.165, 1.54) is 24.1 Å². The molecule has 3 aromatic carbocycles. The molecule has 4 rings (SSSR count). The molecule has 8 heteroatoms. The van der Waals surface area contributed by atoms with E-state index < -0.39 is 17.7 Å². The molecule has 1 aliphatic rings. The first kappa shape index (κ1) is 25.1. The van der Waals surface area contributed by atoms with Gasteiger partial charge in [-0.15, -0.1) is 0 Å². The van der Waals surface area contributed by atoms with Crippen LogP contribution in [0.1, 0.15) is 36.1 Å². The quantitative estimate of drug-likeness (QED) is 0.239. The zero-order valence-electron chi connectivity index (χ0n) is 20.1. The van der Waals surface area contributed by atoms with E-state index >= 15 is 0 Å². The van der Waals surface area contributed by atoms with Gasteiger partial charge in [0.2, 0.25) is 0 Å². The number of phenols is 1. The highest BCUT2D eigenvalue weighted by Crippen LogP contribution is 2.44. The molecular weight excluding hydrogens is 482 g/mol. The predicted molar refractivity (Wildman–Crippen MR) is 138 cm³/mol. The lowest BCUT2D eigenvalue weighted by Crippen LogP contribution is -2.29. The van der Waals surface area contributed by atoms with Gasteiger partial charge in [0, 0.05) is 11.3 Å². The molecule has 1 heterocycles. The summed E-state index contributed by atoms with van der Waals surface area (Å²) in [5.41, 5.74) is 1.96. The van der Waals surface area contributed by atoms with Gasteiger partial charge in [0.05, 0.1) is 30.4 Å². The summed E-state index contributed by atoms with van der Waals surface area (Å²) >= 11 is 6.18. The molecule has 0 bridgehead atoms. The molecule has 0 saturated carbocycles. The van der Waals surface area contributed by atoms with Gasteiger partial charge in [-0.25, -0.2) is 0 Å². The number of ketones is 1. The Hall–Kier alpha value is -3.97. The van der Waals surface area contributed by atoms with Gasteiger partial charge in [0.1, 0.15) is 23.0 Å². The number of amides is 1. The van der Waals surface area contributed by atoms with Crippen molar-refractivity contribution >= 4 is 34.7 Å². The Balaban J connectivity index is 1.88. The minimum atomic E-state index is -0.979. The highest BCUT2D eigenvalue weighted by atomic mass is 35.5. The van der Waals surface area contributed by atoms with Gasteiger partial charge in [-0.1, -0.05) is 24.6 Å². The van der Waals surface area contributed by atoms with Crippen molar-refractivity contribution in [1.82, 2.24) is 0 Å². The average molecular weight is 508 g/mol. The largest absolute Gasteiger partial charge is 0.507 e. The van der Waals surface area contributed by atoms with E-state index in [-0.39, 0.29) is 22.1 Å². The number of aliphatic hydroxyl groups is 1. The third-order valence-corrected chi connectivity index (χ3v) is 6.30. The minimum absolute atomic E-state index is 0.0566. The maximum Gasteiger partial charge on any atom is 0.300 e. The number of methoxy groups -OCH3 is 1. The highest BCUT2D eigenvalue weighted by Gasteiger charge is 2.47. The molecule has 2 N–H and O–H groups in total. The van der Waals surface area contributed by atoms with E-state index in [1.54, 1.807) is 48.5 Å². The number of aryl methyl sites for hydroxylation is 1. The highest BCUT2D eigenvalue weighted by molar-refractivity contribution is 6.51. The fourth-order valence-electron chi connectivity index (χ4n) is 4.18. The summed E-state index contributed by atoms with van der Waals surface area (Å²) in [7, 11) is 1.53. The number of aromatic hydroxyl groups is 1. The second-order valence-electron chi connectivity index (χ2n) is 8.41. The molecule has 36 heavy (non-hydrogen) atoms. The molecule has 186 valence electrons. The SMILES string of the molecule is CCCOc1ccc(/C(O)=C2/C(=O)C(=O)N(c3ccc(OC)cc3)C2c2ccc(O)c(Cl)c2)cc1C. The number of carbonyl (C=O) groups excluding carboxylic acids is 2. The normalized spacial score (nSPS) is 16.9. The third kappa shape index (κ3) is 4.62. The van der Waals surface area contributed by atoms with Crippen LogP contribution in [0.2, 0.25) is 5.02 Å². The van der Waals surface area contributed by atoms with Gasteiger partial charge >= 0.3 is 0 Å². The van der Waals surface area contributed by atoms with E-state index in [2.05, 4.69) is 0 Å². The number of rotatable bonds is 7. The molecule has 1 fully saturated rings. The molecule has 1 amide bonds. The molecule has 0 aromatic heterocycles. The van der Waals surface area contributed by atoms with E-state index in [1.807, 2.05) is 13.8 Å². The summed E-state index contributed by atoms with van der Waals surface area (Å²) in [6.45, 7) is 4.41. The maximum atomic E-state index is 13.3. The van der Waals surface area contributed by atoms with Gasteiger partial charge in [0.15, 0.2) is 0 Å². The van der Waals surface area contributed by atoms with Gasteiger partial charge in [0.25, 0.3) is 11.7 Å². The topological polar surface area (TPSA) is 96.3 Å². The zero-order valence-corrected chi connectivity index (χ0v) is 20.9. The standard InChI is InChI=1S/C28H26ClNO6/c1-4-13-36-23-12-6-18(14-16(23)2)26(32)24-25(17-5-11-22(31)21(29)15-17)30(28(34)27(24)33)19-7-9-20(35-3)10-8-19/h5-12,14-15,25,31-32H,4,13H2,1-3H3/b26-24-. The van der Waals surface area contributed by atoms with Gasteiger partial charge < -0.3 is 19.7 Å². The number of Topliss-reactive ketones (excluding diaryl/α,β-unsaturated/α-hetero) is 1. The molecule has 1 saturated heterocycles. The summed E-state index contributed by atoms with van der Waals surface area (Å²) in [5, 5.41) is 21.3. The van der Waals surface area contributed by atoms with Crippen molar-refractivity contribution in [2.24, 2.45) is 0 Å². The van der Waals surface area contributed by atoms with Crippen LogP contribution < -0.4 is 14.4 Å². The predicted octanol–water partition coefficient (Wildman–Crippen LogP) is 5.78. The fourth-order valence-corrected chi connectivity index (χ4v) is 4.37. The van der Waals surface area contributed by atoms with E-state index in [9.17, 15) is 19.8 Å². The van der Waals surface area contributed by atoms with Crippen LogP contribution in [0.25, 0.3) is 5.76 Å².